The number of carbonyl (C=O) groups excluding carboxylic acids is 4. The fraction of sp³-hybridized carbons (Fsp3) is 0.789. The molecular weight excluding hydrogens is 386 g/mol. The molecule has 29 heavy (non-hydrogen) atoms. The quantitative estimate of drug-likeness (QED) is 0.313. The molecule has 0 aliphatic carbocycles. The summed E-state index contributed by atoms with van der Waals surface area (Å²) in [4.78, 5) is 46.3. The normalized spacial score (nSPS) is 26.3. The van der Waals surface area contributed by atoms with Gasteiger partial charge in [0.2, 0.25) is 5.91 Å². The maximum Gasteiger partial charge on any atom is 0.303 e. The van der Waals surface area contributed by atoms with E-state index in [1.54, 1.807) is 0 Å². The molecule has 10 nitrogen and oxygen atoms in total. The van der Waals surface area contributed by atoms with Gasteiger partial charge in [-0.3, -0.25) is 19.2 Å². The highest BCUT2D eigenvalue weighted by Crippen LogP contribution is 2.28. The van der Waals surface area contributed by atoms with Crippen molar-refractivity contribution >= 4 is 23.8 Å². The zero-order valence-electron chi connectivity index (χ0n) is 17.6. The van der Waals surface area contributed by atoms with Gasteiger partial charge in [-0.25, -0.2) is 0 Å². The second-order valence-corrected chi connectivity index (χ2v) is 6.80. The first kappa shape index (κ1) is 24.8. The molecule has 5 atom stereocenters. The molecule has 0 aromatic heterocycles. The molecule has 0 aromatic rings. The summed E-state index contributed by atoms with van der Waals surface area (Å²) in [6, 6.07) is -0.920. The summed E-state index contributed by atoms with van der Waals surface area (Å²) in [5.41, 5.74) is 0. The maximum atomic E-state index is 11.8. The van der Waals surface area contributed by atoms with Crippen LogP contribution in [0, 0.1) is 0 Å². The Bertz CT molecular complexity index is 580. The maximum absolute atomic E-state index is 11.8. The predicted octanol–water partition coefficient (Wildman–Crippen LogP) is 0.849. The topological polar surface area (TPSA) is 126 Å². The average molecular weight is 417 g/mol. The highest BCUT2D eigenvalue weighted by Gasteiger charge is 2.51. The second-order valence-electron chi connectivity index (χ2n) is 6.80. The minimum absolute atomic E-state index is 0.243. The molecule has 1 saturated heterocycles. The summed E-state index contributed by atoms with van der Waals surface area (Å²) in [5, 5.41) is 2.65. The molecule has 1 aliphatic heterocycles. The Morgan fingerprint density at radius 1 is 0.897 bits per heavy atom. The van der Waals surface area contributed by atoms with E-state index in [0.29, 0.717) is 6.61 Å². The summed E-state index contributed by atoms with van der Waals surface area (Å²) in [6.45, 7) is 7.06. The number of unbranched alkanes of at least 4 members (excludes halogenated alkanes) is 2. The Balaban J connectivity index is 3.17. The van der Waals surface area contributed by atoms with Gasteiger partial charge in [0, 0.05) is 34.3 Å². The number of amides is 1. The number of hydrogen-bond donors (Lipinski definition) is 1. The Labute approximate surface area is 170 Å². The lowest BCUT2D eigenvalue weighted by atomic mass is 9.96. The van der Waals surface area contributed by atoms with Gasteiger partial charge in [0.1, 0.15) is 18.8 Å². The minimum Gasteiger partial charge on any atom is -0.463 e. The van der Waals surface area contributed by atoms with Crippen molar-refractivity contribution in [3.63, 3.8) is 0 Å². The number of rotatable bonds is 10. The van der Waals surface area contributed by atoms with Crippen molar-refractivity contribution in [1.29, 1.82) is 0 Å². The molecule has 1 aliphatic rings. The highest BCUT2D eigenvalue weighted by molar-refractivity contribution is 5.73. The SMILES string of the molecule is CCCCCO[C@@H]1O[C@H](COC(C)=O)[C@H](OC(C)=O)[C@@H](OC(C)=O)[C@@H]1NC(C)=O. The smallest absolute Gasteiger partial charge is 0.303 e. The van der Waals surface area contributed by atoms with E-state index in [1.807, 2.05) is 6.92 Å². The third-order valence-electron chi connectivity index (χ3n) is 4.10. The van der Waals surface area contributed by atoms with Gasteiger partial charge >= 0.3 is 17.9 Å². The van der Waals surface area contributed by atoms with Gasteiger partial charge in [-0.15, -0.1) is 0 Å². The van der Waals surface area contributed by atoms with Crippen LogP contribution in [0.1, 0.15) is 53.9 Å². The first-order chi connectivity index (χ1) is 13.6. The molecule has 1 heterocycles. The van der Waals surface area contributed by atoms with Crippen molar-refractivity contribution in [3.8, 4) is 0 Å². The van der Waals surface area contributed by atoms with E-state index in [-0.39, 0.29) is 6.61 Å². The van der Waals surface area contributed by atoms with Crippen LogP contribution in [-0.2, 0) is 42.9 Å². The van der Waals surface area contributed by atoms with Crippen molar-refractivity contribution in [1.82, 2.24) is 5.32 Å². The first-order valence-electron chi connectivity index (χ1n) is 9.67. The van der Waals surface area contributed by atoms with Gasteiger partial charge < -0.3 is 29.0 Å². The second kappa shape index (κ2) is 12.4. The summed E-state index contributed by atoms with van der Waals surface area (Å²) < 4.78 is 27.4. The van der Waals surface area contributed by atoms with Crippen LogP contribution in [0.25, 0.3) is 0 Å². The monoisotopic (exact) mass is 417 g/mol. The molecule has 0 saturated carbocycles. The van der Waals surface area contributed by atoms with Crippen LogP contribution >= 0.6 is 0 Å². The highest BCUT2D eigenvalue weighted by atomic mass is 16.7. The van der Waals surface area contributed by atoms with Crippen LogP contribution < -0.4 is 5.32 Å². The van der Waals surface area contributed by atoms with Crippen LogP contribution in [0.15, 0.2) is 0 Å². The third kappa shape index (κ3) is 8.78. The van der Waals surface area contributed by atoms with E-state index in [1.165, 1.54) is 27.7 Å². The fourth-order valence-corrected chi connectivity index (χ4v) is 2.98. The molecule has 0 unspecified atom stereocenters. The number of ether oxygens (including phenoxy) is 5. The molecule has 0 bridgehead atoms. The predicted molar refractivity (Wildman–Crippen MR) is 99.5 cm³/mol. The molecule has 10 heteroatoms. The van der Waals surface area contributed by atoms with Gasteiger partial charge in [-0.1, -0.05) is 19.8 Å². The van der Waals surface area contributed by atoms with Crippen molar-refractivity contribution < 1.29 is 42.9 Å². The number of carbonyl (C=O) groups is 4. The van der Waals surface area contributed by atoms with E-state index < -0.39 is 54.5 Å². The molecule has 0 radical (unpaired) electrons. The Kier molecular flexibility index (Phi) is 10.6. The van der Waals surface area contributed by atoms with E-state index in [0.717, 1.165) is 19.3 Å². The lowest BCUT2D eigenvalue weighted by molar-refractivity contribution is -0.277. The van der Waals surface area contributed by atoms with Gasteiger partial charge in [-0.2, -0.15) is 0 Å². The van der Waals surface area contributed by atoms with Crippen LogP contribution in [0.3, 0.4) is 0 Å². The average Bonchev–Trinajstić information content (AvgIpc) is 2.60. The molecule has 1 amide bonds. The first-order valence-corrected chi connectivity index (χ1v) is 9.67. The molecule has 1 rings (SSSR count). The van der Waals surface area contributed by atoms with Gasteiger partial charge in [0.25, 0.3) is 0 Å². The van der Waals surface area contributed by atoms with Crippen LogP contribution in [0.4, 0.5) is 0 Å². The standard InChI is InChI=1S/C19H31NO9/c1-6-7-8-9-25-19-16(20-11(2)21)18(28-14(5)24)17(27-13(4)23)15(29-19)10-26-12(3)22/h15-19H,6-10H2,1-5H3,(H,20,21)/t15-,16+,17+,18+,19-/m1/s1. The molecule has 1 fully saturated rings. The Morgan fingerprint density at radius 3 is 2.03 bits per heavy atom. The minimum atomic E-state index is -1.11. The summed E-state index contributed by atoms with van der Waals surface area (Å²) >= 11 is 0. The summed E-state index contributed by atoms with van der Waals surface area (Å²) in [6.07, 6.45) is -1.44. The zero-order valence-corrected chi connectivity index (χ0v) is 17.6. The van der Waals surface area contributed by atoms with Crippen LogP contribution in [0.5, 0.6) is 0 Å². The number of esters is 3. The molecule has 0 aromatic carbocycles. The molecular formula is C19H31NO9. The van der Waals surface area contributed by atoms with Crippen molar-refractivity contribution in [2.45, 2.75) is 84.5 Å². The number of hydrogen-bond acceptors (Lipinski definition) is 9. The lowest BCUT2D eigenvalue weighted by Crippen LogP contribution is -2.66. The lowest BCUT2D eigenvalue weighted by Gasteiger charge is -2.44. The van der Waals surface area contributed by atoms with Gasteiger partial charge in [0.15, 0.2) is 18.5 Å². The van der Waals surface area contributed by atoms with E-state index in [4.69, 9.17) is 23.7 Å². The fourth-order valence-electron chi connectivity index (χ4n) is 2.98. The van der Waals surface area contributed by atoms with Gasteiger partial charge in [-0.05, 0) is 6.42 Å². The number of nitrogens with one attached hydrogen (secondary N) is 1. The van der Waals surface area contributed by atoms with E-state index in [9.17, 15) is 19.2 Å². The van der Waals surface area contributed by atoms with Gasteiger partial charge in [0.05, 0.1) is 0 Å². The molecule has 1 N–H and O–H groups in total. The largest absolute Gasteiger partial charge is 0.463 e. The zero-order chi connectivity index (χ0) is 22.0. The third-order valence-corrected chi connectivity index (χ3v) is 4.10. The van der Waals surface area contributed by atoms with Crippen molar-refractivity contribution in [2.24, 2.45) is 0 Å². The molecule has 0 spiro atoms. The van der Waals surface area contributed by atoms with Crippen LogP contribution in [0.2, 0.25) is 0 Å². The summed E-state index contributed by atoms with van der Waals surface area (Å²) in [5.74, 6) is -2.24. The van der Waals surface area contributed by atoms with Crippen LogP contribution in [-0.4, -0.2) is 67.7 Å². The van der Waals surface area contributed by atoms with E-state index in [2.05, 4.69) is 5.32 Å². The van der Waals surface area contributed by atoms with Crippen molar-refractivity contribution in [2.75, 3.05) is 13.2 Å². The Morgan fingerprint density at radius 2 is 1.52 bits per heavy atom. The van der Waals surface area contributed by atoms with E-state index >= 15 is 0 Å². The molecule has 166 valence electrons. The summed E-state index contributed by atoms with van der Waals surface area (Å²) in [7, 11) is 0. The Hall–Kier alpha value is -2.20. The van der Waals surface area contributed by atoms with Crippen molar-refractivity contribution in [3.05, 3.63) is 0 Å².